The molecule has 2 rings (SSSR count). The Kier molecular flexibility index (Phi) is 5.20. The molecule has 122 valence electrons. The van der Waals surface area contributed by atoms with Crippen molar-refractivity contribution < 1.29 is 22.7 Å². The lowest BCUT2D eigenvalue weighted by Crippen LogP contribution is -2.36. The molecule has 1 atom stereocenters. The maximum atomic E-state index is 12.9. The minimum absolute atomic E-state index is 0.224. The second-order valence-electron chi connectivity index (χ2n) is 4.83. The van der Waals surface area contributed by atoms with Crippen LogP contribution in [0.5, 0.6) is 5.75 Å². The number of carbonyl (C=O) groups is 1. The smallest absolute Gasteiger partial charge is 0.419 e. The first-order valence-corrected chi connectivity index (χ1v) is 6.87. The highest BCUT2D eigenvalue weighted by molar-refractivity contribution is 5.80. The number of pyridine rings is 1. The summed E-state index contributed by atoms with van der Waals surface area (Å²) in [7, 11) is 0. The summed E-state index contributed by atoms with van der Waals surface area (Å²) < 4.78 is 43.8. The fraction of sp³-hybridized carbons (Fsp3) is 0.250. The molecule has 0 spiro atoms. The Labute approximate surface area is 131 Å². The second kappa shape index (κ2) is 7.13. The minimum atomic E-state index is -4.54. The van der Waals surface area contributed by atoms with E-state index >= 15 is 0 Å². The van der Waals surface area contributed by atoms with Crippen molar-refractivity contribution in [3.63, 3.8) is 0 Å². The minimum Gasteiger partial charge on any atom is -0.480 e. The molecule has 0 bridgehead atoms. The van der Waals surface area contributed by atoms with Gasteiger partial charge in [0.15, 0.2) is 6.10 Å². The first kappa shape index (κ1) is 16.8. The van der Waals surface area contributed by atoms with Crippen LogP contribution >= 0.6 is 0 Å². The molecule has 0 fully saturated rings. The molecule has 1 amide bonds. The molecule has 0 unspecified atom stereocenters. The van der Waals surface area contributed by atoms with Gasteiger partial charge in [-0.05, 0) is 30.7 Å². The van der Waals surface area contributed by atoms with E-state index in [1.54, 1.807) is 24.5 Å². The topological polar surface area (TPSA) is 51.2 Å². The zero-order chi connectivity index (χ0) is 16.9. The number of alkyl halides is 3. The summed E-state index contributed by atoms with van der Waals surface area (Å²) in [6.45, 7) is 1.62. The average Bonchev–Trinajstić information content (AvgIpc) is 2.53. The quantitative estimate of drug-likeness (QED) is 0.919. The zero-order valence-electron chi connectivity index (χ0n) is 12.3. The van der Waals surface area contributed by atoms with Crippen molar-refractivity contribution in [2.24, 2.45) is 0 Å². The van der Waals surface area contributed by atoms with Crippen LogP contribution in [0.1, 0.15) is 18.1 Å². The summed E-state index contributed by atoms with van der Waals surface area (Å²) in [5, 5.41) is 2.59. The third kappa shape index (κ3) is 4.70. The maximum absolute atomic E-state index is 12.9. The number of nitrogens with one attached hydrogen (secondary N) is 1. The van der Waals surface area contributed by atoms with E-state index in [4.69, 9.17) is 4.74 Å². The number of rotatable bonds is 5. The fourth-order valence-corrected chi connectivity index (χ4v) is 1.88. The number of halogens is 3. The van der Waals surface area contributed by atoms with Crippen molar-refractivity contribution in [3.8, 4) is 5.75 Å². The van der Waals surface area contributed by atoms with Crippen LogP contribution in [0.15, 0.2) is 48.8 Å². The predicted octanol–water partition coefficient (Wildman–Crippen LogP) is 3.18. The Bertz CT molecular complexity index is 660. The van der Waals surface area contributed by atoms with Crippen LogP contribution in [0.3, 0.4) is 0 Å². The van der Waals surface area contributed by atoms with Gasteiger partial charge in [0.1, 0.15) is 5.75 Å². The number of nitrogens with zero attached hydrogens (tertiary/aromatic N) is 1. The highest BCUT2D eigenvalue weighted by atomic mass is 19.4. The monoisotopic (exact) mass is 324 g/mol. The van der Waals surface area contributed by atoms with Gasteiger partial charge in [0.05, 0.1) is 5.56 Å². The average molecular weight is 324 g/mol. The van der Waals surface area contributed by atoms with Crippen molar-refractivity contribution >= 4 is 5.91 Å². The molecule has 2 aromatic rings. The Balaban J connectivity index is 1.99. The Morgan fingerprint density at radius 2 is 2.00 bits per heavy atom. The molecule has 0 aliphatic rings. The number of para-hydroxylation sites is 1. The van der Waals surface area contributed by atoms with Gasteiger partial charge in [0.2, 0.25) is 0 Å². The molecule has 1 aromatic carbocycles. The molecule has 1 heterocycles. The van der Waals surface area contributed by atoms with E-state index in [0.717, 1.165) is 11.6 Å². The van der Waals surface area contributed by atoms with Gasteiger partial charge < -0.3 is 10.1 Å². The van der Waals surface area contributed by atoms with Gasteiger partial charge >= 0.3 is 6.18 Å². The van der Waals surface area contributed by atoms with E-state index in [0.29, 0.717) is 0 Å². The van der Waals surface area contributed by atoms with Gasteiger partial charge in [-0.3, -0.25) is 9.78 Å². The molecule has 0 radical (unpaired) electrons. The van der Waals surface area contributed by atoms with Gasteiger partial charge in [-0.1, -0.05) is 18.2 Å². The zero-order valence-corrected chi connectivity index (χ0v) is 12.3. The van der Waals surface area contributed by atoms with Crippen molar-refractivity contribution in [2.45, 2.75) is 25.7 Å². The molecule has 4 nitrogen and oxygen atoms in total. The molecule has 0 saturated carbocycles. The van der Waals surface area contributed by atoms with E-state index in [9.17, 15) is 18.0 Å². The Morgan fingerprint density at radius 1 is 1.26 bits per heavy atom. The van der Waals surface area contributed by atoms with E-state index in [-0.39, 0.29) is 12.3 Å². The summed E-state index contributed by atoms with van der Waals surface area (Å²) in [5.41, 5.74) is -0.129. The van der Waals surface area contributed by atoms with E-state index in [1.807, 2.05) is 0 Å². The number of carbonyl (C=O) groups excluding carboxylic acids is 1. The number of amides is 1. The van der Waals surface area contributed by atoms with Crippen LogP contribution in [0.2, 0.25) is 0 Å². The van der Waals surface area contributed by atoms with Gasteiger partial charge in [0, 0.05) is 18.9 Å². The molecule has 0 saturated heterocycles. The van der Waals surface area contributed by atoms with Gasteiger partial charge in [0.25, 0.3) is 5.91 Å². The standard InChI is InChI=1S/C16H15F3N2O2/c1-11(15(22)21-10-12-5-4-8-20-9-12)23-14-7-3-2-6-13(14)16(17,18)19/h2-9,11H,10H2,1H3,(H,21,22)/t11-/m1/s1. The van der Waals surface area contributed by atoms with E-state index < -0.39 is 23.8 Å². The number of aromatic nitrogens is 1. The summed E-state index contributed by atoms with van der Waals surface area (Å²) >= 11 is 0. The number of benzene rings is 1. The summed E-state index contributed by atoms with van der Waals surface area (Å²) in [5.74, 6) is -0.880. The van der Waals surface area contributed by atoms with E-state index in [1.165, 1.54) is 25.1 Å². The lowest BCUT2D eigenvalue weighted by Gasteiger charge is -2.18. The van der Waals surface area contributed by atoms with Crippen molar-refractivity contribution in [2.75, 3.05) is 0 Å². The summed E-state index contributed by atoms with van der Waals surface area (Å²) in [4.78, 5) is 15.9. The third-order valence-electron chi connectivity index (χ3n) is 3.05. The molecule has 7 heteroatoms. The van der Waals surface area contributed by atoms with Crippen LogP contribution in [0, 0.1) is 0 Å². The largest absolute Gasteiger partial charge is 0.480 e. The molecule has 1 aromatic heterocycles. The van der Waals surface area contributed by atoms with Gasteiger partial charge in [-0.25, -0.2) is 0 Å². The molecular weight excluding hydrogens is 309 g/mol. The molecule has 1 N–H and O–H groups in total. The number of hydrogen-bond acceptors (Lipinski definition) is 3. The second-order valence-corrected chi connectivity index (χ2v) is 4.83. The van der Waals surface area contributed by atoms with Crippen molar-refractivity contribution in [3.05, 3.63) is 59.9 Å². The fourth-order valence-electron chi connectivity index (χ4n) is 1.88. The molecule has 23 heavy (non-hydrogen) atoms. The molecular formula is C16H15F3N2O2. The van der Waals surface area contributed by atoms with Crippen molar-refractivity contribution in [1.29, 1.82) is 0 Å². The maximum Gasteiger partial charge on any atom is 0.419 e. The number of hydrogen-bond donors (Lipinski definition) is 1. The highest BCUT2D eigenvalue weighted by Gasteiger charge is 2.34. The van der Waals surface area contributed by atoms with Gasteiger partial charge in [-0.2, -0.15) is 13.2 Å². The third-order valence-corrected chi connectivity index (χ3v) is 3.05. The van der Waals surface area contributed by atoms with Crippen LogP contribution in [-0.2, 0) is 17.5 Å². The van der Waals surface area contributed by atoms with Crippen LogP contribution in [0.4, 0.5) is 13.2 Å². The first-order valence-electron chi connectivity index (χ1n) is 6.87. The predicted molar refractivity (Wildman–Crippen MR) is 77.6 cm³/mol. The summed E-state index contributed by atoms with van der Waals surface area (Å²) in [6.07, 6.45) is -2.41. The van der Waals surface area contributed by atoms with Gasteiger partial charge in [-0.15, -0.1) is 0 Å². The van der Waals surface area contributed by atoms with Crippen LogP contribution in [0.25, 0.3) is 0 Å². The first-order chi connectivity index (χ1) is 10.9. The summed E-state index contributed by atoms with van der Waals surface area (Å²) in [6, 6.07) is 8.29. The Hall–Kier alpha value is -2.57. The number of ether oxygens (including phenoxy) is 1. The van der Waals surface area contributed by atoms with E-state index in [2.05, 4.69) is 10.3 Å². The molecule has 0 aliphatic carbocycles. The lowest BCUT2D eigenvalue weighted by molar-refractivity contribution is -0.140. The highest BCUT2D eigenvalue weighted by Crippen LogP contribution is 2.36. The van der Waals surface area contributed by atoms with Crippen molar-refractivity contribution in [1.82, 2.24) is 10.3 Å². The molecule has 0 aliphatic heterocycles. The lowest BCUT2D eigenvalue weighted by atomic mass is 10.2. The van der Waals surface area contributed by atoms with Crippen LogP contribution in [-0.4, -0.2) is 17.0 Å². The van der Waals surface area contributed by atoms with Crippen LogP contribution < -0.4 is 10.1 Å². The SMILES string of the molecule is C[C@@H](Oc1ccccc1C(F)(F)F)C(=O)NCc1cccnc1. The normalized spacial score (nSPS) is 12.5. The Morgan fingerprint density at radius 3 is 2.65 bits per heavy atom.